The molecule has 10 heavy (non-hydrogen) atoms. The van der Waals surface area contributed by atoms with Crippen LogP contribution in [-0.2, 0) is 5.88 Å². The van der Waals surface area contributed by atoms with Crippen molar-refractivity contribution in [2.24, 2.45) is 0 Å². The van der Waals surface area contributed by atoms with Gasteiger partial charge >= 0.3 is 0 Å². The van der Waals surface area contributed by atoms with E-state index in [-0.39, 0.29) is 0 Å². The van der Waals surface area contributed by atoms with Gasteiger partial charge in [-0.1, -0.05) is 0 Å². The van der Waals surface area contributed by atoms with Crippen LogP contribution in [0.3, 0.4) is 0 Å². The number of nitrogens with zero attached hydrogens (tertiary/aromatic N) is 1. The largest absolute Gasteiger partial charge is 0.397 e. The molecule has 0 amide bonds. The minimum atomic E-state index is 0.449. The summed E-state index contributed by atoms with van der Waals surface area (Å²) in [5.74, 6) is 0.449. The van der Waals surface area contributed by atoms with Crippen LogP contribution in [-0.4, -0.2) is 4.98 Å². The van der Waals surface area contributed by atoms with Gasteiger partial charge in [-0.15, -0.1) is 11.6 Å². The fraction of sp³-hybridized carbons (Fsp3) is 0.167. The topological polar surface area (TPSA) is 38.9 Å². The van der Waals surface area contributed by atoms with Gasteiger partial charge in [-0.05, 0) is 27.6 Å². The molecule has 0 fully saturated rings. The van der Waals surface area contributed by atoms with E-state index in [1.165, 1.54) is 0 Å². The van der Waals surface area contributed by atoms with Crippen molar-refractivity contribution in [3.05, 3.63) is 22.4 Å². The second-order valence-electron chi connectivity index (χ2n) is 1.86. The first-order valence-corrected chi connectivity index (χ1v) is 4.02. The number of hydrogen-bond donors (Lipinski definition) is 1. The van der Waals surface area contributed by atoms with Gasteiger partial charge in [-0.25, -0.2) is 4.98 Å². The number of alkyl halides is 1. The molecule has 0 saturated heterocycles. The average Bonchev–Trinajstić information content (AvgIpc) is 1.95. The predicted molar refractivity (Wildman–Crippen MR) is 45.9 cm³/mol. The summed E-state index contributed by atoms with van der Waals surface area (Å²) in [6.07, 6.45) is 1.69. The van der Waals surface area contributed by atoms with E-state index in [0.717, 1.165) is 5.56 Å². The van der Waals surface area contributed by atoms with Crippen molar-refractivity contribution < 1.29 is 0 Å². The molecule has 2 N–H and O–H groups in total. The first-order chi connectivity index (χ1) is 4.74. The molecule has 1 aromatic heterocycles. The van der Waals surface area contributed by atoms with Crippen LogP contribution >= 0.6 is 27.5 Å². The van der Waals surface area contributed by atoms with Crippen molar-refractivity contribution >= 4 is 33.2 Å². The van der Waals surface area contributed by atoms with E-state index in [0.29, 0.717) is 16.2 Å². The van der Waals surface area contributed by atoms with Crippen LogP contribution < -0.4 is 5.73 Å². The molecule has 0 aliphatic heterocycles. The summed E-state index contributed by atoms with van der Waals surface area (Å²) in [4.78, 5) is 3.96. The molecular weight excluding hydrogens is 215 g/mol. The molecule has 0 unspecified atom stereocenters. The van der Waals surface area contributed by atoms with Crippen LogP contribution in [0.2, 0.25) is 0 Å². The number of aromatic nitrogens is 1. The molecule has 0 atom stereocenters. The SMILES string of the molecule is Nc1cc(CCl)cnc1Br. The maximum atomic E-state index is 5.54. The van der Waals surface area contributed by atoms with E-state index in [4.69, 9.17) is 17.3 Å². The van der Waals surface area contributed by atoms with Crippen LogP contribution in [0.5, 0.6) is 0 Å². The van der Waals surface area contributed by atoms with Crippen molar-refractivity contribution in [3.8, 4) is 0 Å². The van der Waals surface area contributed by atoms with Crippen molar-refractivity contribution in [1.82, 2.24) is 4.98 Å². The fourth-order valence-electron chi connectivity index (χ4n) is 0.584. The molecule has 0 radical (unpaired) electrons. The Kier molecular flexibility index (Phi) is 2.51. The Balaban J connectivity index is 3.04. The highest BCUT2D eigenvalue weighted by Crippen LogP contribution is 2.17. The standard InChI is InChI=1S/C6H6BrClN2/c7-6-5(9)1-4(2-8)3-10-6/h1,3H,2,9H2. The normalized spacial score (nSPS) is 9.80. The lowest BCUT2D eigenvalue weighted by atomic mass is 10.3. The van der Waals surface area contributed by atoms with Crippen molar-refractivity contribution in [3.63, 3.8) is 0 Å². The molecule has 0 saturated carbocycles. The molecule has 0 aliphatic carbocycles. The number of hydrogen-bond acceptors (Lipinski definition) is 2. The van der Waals surface area contributed by atoms with Crippen LogP contribution in [0, 0.1) is 0 Å². The third-order valence-electron chi connectivity index (χ3n) is 1.08. The number of rotatable bonds is 1. The summed E-state index contributed by atoms with van der Waals surface area (Å²) >= 11 is 8.72. The minimum absolute atomic E-state index is 0.449. The molecular formula is C6H6BrClN2. The van der Waals surface area contributed by atoms with E-state index in [1.54, 1.807) is 12.3 Å². The third-order valence-corrected chi connectivity index (χ3v) is 2.05. The second-order valence-corrected chi connectivity index (χ2v) is 2.88. The zero-order valence-electron chi connectivity index (χ0n) is 5.14. The van der Waals surface area contributed by atoms with E-state index in [2.05, 4.69) is 20.9 Å². The number of nitrogen functional groups attached to an aromatic ring is 1. The highest BCUT2D eigenvalue weighted by molar-refractivity contribution is 9.10. The summed E-state index contributed by atoms with van der Waals surface area (Å²) in [6.45, 7) is 0. The van der Waals surface area contributed by atoms with E-state index < -0.39 is 0 Å². The highest BCUT2D eigenvalue weighted by atomic mass is 79.9. The van der Waals surface area contributed by atoms with Crippen LogP contribution in [0.15, 0.2) is 16.9 Å². The minimum Gasteiger partial charge on any atom is -0.397 e. The van der Waals surface area contributed by atoms with Crippen LogP contribution in [0.4, 0.5) is 5.69 Å². The second kappa shape index (κ2) is 3.21. The average molecular weight is 221 g/mol. The zero-order chi connectivity index (χ0) is 7.56. The van der Waals surface area contributed by atoms with Gasteiger partial charge in [0.15, 0.2) is 0 Å². The summed E-state index contributed by atoms with van der Waals surface area (Å²) in [5.41, 5.74) is 7.08. The lowest BCUT2D eigenvalue weighted by Gasteiger charge is -1.97. The summed E-state index contributed by atoms with van der Waals surface area (Å²) < 4.78 is 0.668. The Morgan fingerprint density at radius 3 is 2.90 bits per heavy atom. The quantitative estimate of drug-likeness (QED) is 0.583. The van der Waals surface area contributed by atoms with E-state index >= 15 is 0 Å². The summed E-state index contributed by atoms with van der Waals surface area (Å²) in [7, 11) is 0. The molecule has 1 heterocycles. The lowest BCUT2D eigenvalue weighted by molar-refractivity contribution is 1.22. The predicted octanol–water partition coefficient (Wildman–Crippen LogP) is 2.17. The van der Waals surface area contributed by atoms with Crippen LogP contribution in [0.1, 0.15) is 5.56 Å². The first kappa shape index (κ1) is 7.82. The maximum Gasteiger partial charge on any atom is 0.128 e. The van der Waals surface area contributed by atoms with Gasteiger partial charge in [0.25, 0.3) is 0 Å². The van der Waals surface area contributed by atoms with Crippen molar-refractivity contribution in [2.45, 2.75) is 5.88 Å². The number of pyridine rings is 1. The molecule has 1 aromatic rings. The molecule has 0 bridgehead atoms. The smallest absolute Gasteiger partial charge is 0.128 e. The van der Waals surface area contributed by atoms with Gasteiger partial charge in [0.1, 0.15) is 4.60 Å². The van der Waals surface area contributed by atoms with Gasteiger partial charge in [-0.3, -0.25) is 0 Å². The fourth-order valence-corrected chi connectivity index (χ4v) is 0.947. The zero-order valence-corrected chi connectivity index (χ0v) is 7.48. The molecule has 54 valence electrons. The highest BCUT2D eigenvalue weighted by Gasteiger charge is 1.96. The van der Waals surface area contributed by atoms with Gasteiger partial charge in [0.2, 0.25) is 0 Å². The molecule has 0 aromatic carbocycles. The van der Waals surface area contributed by atoms with Crippen molar-refractivity contribution in [2.75, 3.05) is 5.73 Å². The van der Waals surface area contributed by atoms with E-state index in [1.807, 2.05) is 0 Å². The lowest BCUT2D eigenvalue weighted by Crippen LogP contribution is -1.91. The molecule has 4 heteroatoms. The Labute approximate surface area is 72.5 Å². The van der Waals surface area contributed by atoms with Gasteiger partial charge in [-0.2, -0.15) is 0 Å². The number of halogens is 2. The Morgan fingerprint density at radius 1 is 1.70 bits per heavy atom. The molecule has 2 nitrogen and oxygen atoms in total. The molecule has 0 aliphatic rings. The maximum absolute atomic E-state index is 5.54. The van der Waals surface area contributed by atoms with Crippen LogP contribution in [0.25, 0.3) is 0 Å². The van der Waals surface area contributed by atoms with E-state index in [9.17, 15) is 0 Å². The number of nitrogens with two attached hydrogens (primary N) is 1. The number of anilines is 1. The van der Waals surface area contributed by atoms with Gasteiger partial charge < -0.3 is 5.73 Å². The Morgan fingerprint density at radius 2 is 2.40 bits per heavy atom. The monoisotopic (exact) mass is 220 g/mol. The third kappa shape index (κ3) is 1.61. The summed E-state index contributed by atoms with van der Waals surface area (Å²) in [6, 6.07) is 1.80. The van der Waals surface area contributed by atoms with Gasteiger partial charge in [0, 0.05) is 12.1 Å². The molecule has 0 spiro atoms. The Bertz CT molecular complexity index is 239. The Hall–Kier alpha value is -0.280. The van der Waals surface area contributed by atoms with Crippen molar-refractivity contribution in [1.29, 1.82) is 0 Å². The first-order valence-electron chi connectivity index (χ1n) is 2.70. The van der Waals surface area contributed by atoms with Gasteiger partial charge in [0.05, 0.1) is 5.69 Å². The summed E-state index contributed by atoms with van der Waals surface area (Å²) in [5, 5.41) is 0. The molecule has 1 rings (SSSR count).